The van der Waals surface area contributed by atoms with Crippen molar-refractivity contribution in [1.82, 2.24) is 5.06 Å². The summed E-state index contributed by atoms with van der Waals surface area (Å²) in [6.45, 7) is 8.58. The van der Waals surface area contributed by atoms with Gasteiger partial charge in [-0.2, -0.15) is 5.06 Å². The molecule has 4 rings (SSSR count). The molecule has 1 aliphatic heterocycles. The van der Waals surface area contributed by atoms with Crippen LogP contribution >= 0.6 is 0 Å². The number of aryl methyl sites for hydroxylation is 1. The molecule has 0 radical (unpaired) electrons. The molecule has 0 saturated carbocycles. The molecule has 0 spiro atoms. The Labute approximate surface area is 202 Å². The van der Waals surface area contributed by atoms with Crippen LogP contribution in [0.5, 0.6) is 0 Å². The van der Waals surface area contributed by atoms with Crippen molar-refractivity contribution in [3.8, 4) is 11.1 Å². The molecule has 34 heavy (non-hydrogen) atoms. The number of esters is 1. The number of piperidine rings is 1. The summed E-state index contributed by atoms with van der Waals surface area (Å²) < 4.78 is 9.97. The van der Waals surface area contributed by atoms with Crippen LogP contribution < -0.4 is 9.13 Å². The minimum absolute atomic E-state index is 0.234. The summed E-state index contributed by atoms with van der Waals surface area (Å²) in [6, 6.07) is 16.0. The largest absolute Gasteiger partial charge is 0.459 e. The van der Waals surface area contributed by atoms with Crippen LogP contribution in [0, 0.1) is 0 Å². The van der Waals surface area contributed by atoms with Gasteiger partial charge in [-0.1, -0.05) is 12.1 Å². The summed E-state index contributed by atoms with van der Waals surface area (Å²) in [7, 11) is 2.01. The molecule has 1 N–H and O–H groups in total. The maximum Gasteiger partial charge on any atom is 0.338 e. The number of ether oxygens (including phenoxy) is 1. The normalized spacial score (nSPS) is 17.9. The number of benzene rings is 1. The predicted octanol–water partition coefficient (Wildman–Crippen LogP) is 4.08. The third-order valence-electron chi connectivity index (χ3n) is 6.63. The number of hydroxylamine groups is 2. The Balaban J connectivity index is 1.37. The number of hydrogen-bond donors (Lipinski definition) is 1. The van der Waals surface area contributed by atoms with Crippen LogP contribution in [-0.4, -0.2) is 33.4 Å². The molecule has 6 nitrogen and oxygen atoms in total. The van der Waals surface area contributed by atoms with E-state index < -0.39 is 11.1 Å². The van der Waals surface area contributed by atoms with E-state index >= 15 is 0 Å². The van der Waals surface area contributed by atoms with E-state index in [9.17, 15) is 10.0 Å². The zero-order valence-corrected chi connectivity index (χ0v) is 20.7. The molecular weight excluding hydrogens is 426 g/mol. The Hall–Kier alpha value is -3.09. The third-order valence-corrected chi connectivity index (χ3v) is 6.63. The lowest BCUT2D eigenvalue weighted by Crippen LogP contribution is -2.60. The second kappa shape index (κ2) is 9.28. The van der Waals surface area contributed by atoms with Gasteiger partial charge in [0, 0.05) is 53.7 Å². The van der Waals surface area contributed by atoms with Crippen LogP contribution in [0.25, 0.3) is 11.1 Å². The van der Waals surface area contributed by atoms with Gasteiger partial charge in [0.05, 0.1) is 5.56 Å². The zero-order valence-electron chi connectivity index (χ0n) is 20.7. The van der Waals surface area contributed by atoms with Gasteiger partial charge in [0.25, 0.3) is 0 Å². The smallest absolute Gasteiger partial charge is 0.338 e. The van der Waals surface area contributed by atoms with E-state index in [4.69, 9.17) is 4.74 Å². The van der Waals surface area contributed by atoms with Crippen LogP contribution in [0.4, 0.5) is 0 Å². The lowest BCUT2D eigenvalue weighted by Gasteiger charge is -2.50. The highest BCUT2D eigenvalue weighted by atomic mass is 16.5. The number of rotatable bonds is 5. The average molecular weight is 462 g/mol. The summed E-state index contributed by atoms with van der Waals surface area (Å²) in [5.41, 5.74) is 3.10. The number of aromatic nitrogens is 2. The molecule has 0 bridgehead atoms. The van der Waals surface area contributed by atoms with Gasteiger partial charge in [-0.15, -0.1) is 0 Å². The molecule has 0 unspecified atom stereocenters. The zero-order chi connectivity index (χ0) is 24.5. The Morgan fingerprint density at radius 3 is 1.94 bits per heavy atom. The molecule has 2 aromatic heterocycles. The standard InChI is InChI=1S/C28H35N3O3/c1-27(2)18-25(19-28(3,4)31(27)33)34-26(32)24-8-6-21(7-9-24)20-30-16-12-23(13-17-30)22-10-14-29(5)15-11-22/h6-17,25,33H,18-20H2,1-5H3/q+2. The highest BCUT2D eigenvalue weighted by molar-refractivity contribution is 5.89. The van der Waals surface area contributed by atoms with Crippen LogP contribution in [-0.2, 0) is 18.3 Å². The van der Waals surface area contributed by atoms with Crippen LogP contribution in [0.1, 0.15) is 56.5 Å². The van der Waals surface area contributed by atoms with Crippen molar-refractivity contribution in [2.24, 2.45) is 7.05 Å². The molecule has 0 aliphatic carbocycles. The van der Waals surface area contributed by atoms with Gasteiger partial charge in [0.15, 0.2) is 31.3 Å². The molecule has 1 saturated heterocycles. The topological polar surface area (TPSA) is 57.5 Å². The molecular formula is C28H35N3O3+2. The van der Waals surface area contributed by atoms with E-state index in [1.165, 1.54) is 16.2 Å². The second-order valence-electron chi connectivity index (χ2n) is 10.6. The summed E-state index contributed by atoms with van der Waals surface area (Å²) in [6.07, 6.45) is 9.17. The maximum atomic E-state index is 12.8. The molecule has 3 heterocycles. The first kappa shape index (κ1) is 24.0. The van der Waals surface area contributed by atoms with Crippen molar-refractivity contribution in [1.29, 1.82) is 0 Å². The molecule has 1 fully saturated rings. The van der Waals surface area contributed by atoms with E-state index in [2.05, 4.69) is 41.2 Å². The monoisotopic (exact) mass is 461 g/mol. The number of carbonyl (C=O) groups is 1. The molecule has 0 amide bonds. The van der Waals surface area contributed by atoms with E-state index in [-0.39, 0.29) is 12.1 Å². The number of carbonyl (C=O) groups excluding carboxylic acids is 1. The Kier molecular flexibility index (Phi) is 6.56. The molecule has 1 aliphatic rings. The Bertz CT molecular complexity index is 1120. The quantitative estimate of drug-likeness (QED) is 0.460. The van der Waals surface area contributed by atoms with Crippen LogP contribution in [0.3, 0.4) is 0 Å². The molecule has 0 atom stereocenters. The molecule has 1 aromatic carbocycles. The fraction of sp³-hybridized carbons (Fsp3) is 0.393. The summed E-state index contributed by atoms with van der Waals surface area (Å²) >= 11 is 0. The van der Waals surface area contributed by atoms with Gasteiger partial charge >= 0.3 is 5.97 Å². The van der Waals surface area contributed by atoms with Gasteiger partial charge < -0.3 is 9.94 Å². The fourth-order valence-electron chi connectivity index (χ4n) is 4.89. The van der Waals surface area contributed by atoms with E-state index in [0.717, 1.165) is 12.1 Å². The van der Waals surface area contributed by atoms with Gasteiger partial charge in [-0.25, -0.2) is 13.9 Å². The third kappa shape index (κ3) is 5.34. The van der Waals surface area contributed by atoms with E-state index in [1.807, 2.05) is 76.0 Å². The minimum atomic E-state index is -0.457. The lowest BCUT2D eigenvalue weighted by atomic mass is 9.80. The minimum Gasteiger partial charge on any atom is -0.459 e. The van der Waals surface area contributed by atoms with Gasteiger partial charge in [0.1, 0.15) is 13.2 Å². The molecule has 178 valence electrons. The number of pyridine rings is 2. The highest BCUT2D eigenvalue weighted by Crippen LogP contribution is 2.38. The van der Waals surface area contributed by atoms with Crippen molar-refractivity contribution in [3.63, 3.8) is 0 Å². The van der Waals surface area contributed by atoms with E-state index in [1.54, 1.807) is 0 Å². The maximum absolute atomic E-state index is 12.8. The lowest BCUT2D eigenvalue weighted by molar-refractivity contribution is -0.688. The van der Waals surface area contributed by atoms with Crippen molar-refractivity contribution >= 4 is 5.97 Å². The first-order chi connectivity index (χ1) is 16.0. The second-order valence-corrected chi connectivity index (χ2v) is 10.6. The van der Waals surface area contributed by atoms with Crippen molar-refractivity contribution in [3.05, 3.63) is 84.4 Å². The first-order valence-corrected chi connectivity index (χ1v) is 11.8. The van der Waals surface area contributed by atoms with Crippen molar-refractivity contribution < 1.29 is 23.9 Å². The highest BCUT2D eigenvalue weighted by Gasteiger charge is 2.46. The predicted molar refractivity (Wildman–Crippen MR) is 129 cm³/mol. The summed E-state index contributed by atoms with van der Waals surface area (Å²) in [4.78, 5) is 12.8. The average Bonchev–Trinajstić information content (AvgIpc) is 2.79. The first-order valence-electron chi connectivity index (χ1n) is 11.8. The van der Waals surface area contributed by atoms with Gasteiger partial charge in [0.2, 0.25) is 0 Å². The fourth-order valence-corrected chi connectivity index (χ4v) is 4.89. The summed E-state index contributed by atoms with van der Waals surface area (Å²) in [5.74, 6) is -0.317. The van der Waals surface area contributed by atoms with Crippen LogP contribution in [0.2, 0.25) is 0 Å². The van der Waals surface area contributed by atoms with E-state index in [0.29, 0.717) is 18.4 Å². The summed E-state index contributed by atoms with van der Waals surface area (Å²) in [5, 5.41) is 11.9. The molecule has 6 heteroatoms. The number of nitrogens with zero attached hydrogens (tertiary/aromatic N) is 3. The Morgan fingerprint density at radius 2 is 1.41 bits per heavy atom. The van der Waals surface area contributed by atoms with Gasteiger partial charge in [-0.05, 0) is 51.0 Å². The van der Waals surface area contributed by atoms with Crippen LogP contribution in [0.15, 0.2) is 73.3 Å². The van der Waals surface area contributed by atoms with Crippen molar-refractivity contribution in [2.45, 2.75) is 64.3 Å². The Morgan fingerprint density at radius 1 is 0.912 bits per heavy atom. The SMILES string of the molecule is C[n+]1ccc(-c2cc[n+](Cc3ccc(C(=O)OC4CC(C)(C)N(O)C(C)(C)C4)cc3)cc2)cc1. The molecule has 3 aromatic rings. The number of hydrogen-bond acceptors (Lipinski definition) is 4. The van der Waals surface area contributed by atoms with Gasteiger partial charge in [-0.3, -0.25) is 0 Å². The van der Waals surface area contributed by atoms with Crippen molar-refractivity contribution in [2.75, 3.05) is 0 Å².